The molecule has 15 N–H and O–H groups in total. The zero-order valence-electron chi connectivity index (χ0n) is 49.3. The third-order valence-electron chi connectivity index (χ3n) is 11.2. The van der Waals surface area contributed by atoms with Gasteiger partial charge < -0.3 is 78.9 Å². The molecule has 5 rings (SSSR count). The lowest BCUT2D eigenvalue weighted by Crippen LogP contribution is -2.62. The van der Waals surface area contributed by atoms with Gasteiger partial charge in [0.15, 0.2) is 0 Å². The van der Waals surface area contributed by atoms with Gasteiger partial charge in [0.25, 0.3) is 0 Å². The highest BCUT2D eigenvalue weighted by atomic mass is 33.1. The van der Waals surface area contributed by atoms with Crippen LogP contribution in [0.4, 0.5) is 0 Å². The van der Waals surface area contributed by atoms with Crippen LogP contribution in [0.15, 0.2) is 91.0 Å². The Labute approximate surface area is 454 Å². The van der Waals surface area contributed by atoms with E-state index in [-0.39, 0.29) is 32.2 Å². The molecule has 24 heteroatoms. The number of aromatic nitrogens is 1. The third-order valence-corrected chi connectivity index (χ3v) is 13.6. The van der Waals surface area contributed by atoms with E-state index in [0.29, 0.717) is 28.5 Å². The predicted octanol–water partition coefficient (Wildman–Crippen LogP) is -2.05. The molecular formula is C51H69N10O12S2-. The van der Waals surface area contributed by atoms with Gasteiger partial charge in [0, 0.05) is 50.2 Å². The van der Waals surface area contributed by atoms with Gasteiger partial charge in [-0.2, -0.15) is 0 Å². The van der Waals surface area contributed by atoms with E-state index in [1.54, 1.807) is 60.8 Å². The van der Waals surface area contributed by atoms with E-state index in [2.05, 4.69) is 42.2 Å². The zero-order valence-corrected chi connectivity index (χ0v) is 43.0. The molecule has 0 radical (unpaired) electrons. The zero-order chi connectivity index (χ0) is 62.1. The number of amides is 7. The lowest BCUT2D eigenvalue weighted by atomic mass is 10.0. The molecule has 0 aliphatic carbocycles. The lowest BCUT2D eigenvalue weighted by Gasteiger charge is -2.29. The number of nitrogens with one attached hydrogen (secondary N) is 8. The highest BCUT2D eigenvalue weighted by molar-refractivity contribution is 8.76. The molecule has 0 spiro atoms. The number of nitrogens with two attached hydrogens (primary N) is 2. The summed E-state index contributed by atoms with van der Waals surface area (Å²) in [5.74, 6) is -9.78. The number of aliphatic hydroxyl groups excluding tert-OH is 3. The molecule has 10 atom stereocenters. The monoisotopic (exact) mass is 1090 g/mol. The van der Waals surface area contributed by atoms with Gasteiger partial charge in [-0.05, 0) is 75.7 Å². The number of unbranched alkanes of at least 4 members (excludes halogenated alkanes) is 1. The van der Waals surface area contributed by atoms with Crippen molar-refractivity contribution in [3.63, 3.8) is 0 Å². The van der Waals surface area contributed by atoms with Crippen molar-refractivity contribution in [1.29, 1.82) is 0 Å². The van der Waals surface area contributed by atoms with Crippen molar-refractivity contribution < 1.29 is 69.7 Å². The Morgan fingerprint density at radius 2 is 1.41 bits per heavy atom. The normalized spacial score (nSPS) is 24.1. The first-order chi connectivity index (χ1) is 39.0. The van der Waals surface area contributed by atoms with Crippen LogP contribution >= 0.6 is 21.6 Å². The molecule has 3 aromatic carbocycles. The highest BCUT2D eigenvalue weighted by Crippen LogP contribution is 2.24. The van der Waals surface area contributed by atoms with Crippen LogP contribution in [-0.4, -0.2) is 153 Å². The maximum Gasteiger partial charge on any atom is 0.245 e. The predicted molar refractivity (Wildman–Crippen MR) is 283 cm³/mol. The first-order valence-corrected chi connectivity index (χ1v) is 26.1. The minimum Gasteiger partial charge on any atom is -0.550 e. The van der Waals surface area contributed by atoms with Crippen LogP contribution in [0, 0.1) is 0 Å². The summed E-state index contributed by atoms with van der Waals surface area (Å²) in [7, 11) is 1.56. The molecule has 1 fully saturated rings. The van der Waals surface area contributed by atoms with E-state index < -0.39 is 168 Å². The number of benzene rings is 3. The number of carboxylic acids is 1. The number of hydrogen-bond donors (Lipinski definition) is 13. The van der Waals surface area contributed by atoms with E-state index >= 15 is 0 Å². The topological polar surface area (TPSA) is 372 Å². The second-order valence-corrected chi connectivity index (χ2v) is 19.7. The Bertz CT molecular complexity index is 2920. The average Bonchev–Trinajstić information content (AvgIpc) is 3.58. The summed E-state index contributed by atoms with van der Waals surface area (Å²) in [5, 5.41) is 58.2. The first kappa shape index (κ1) is 49.3. The first-order valence-electron chi connectivity index (χ1n) is 27.7. The number of hydrogen-bond acceptors (Lipinski definition) is 16. The maximum absolute atomic E-state index is 14.8. The second-order valence-electron chi connectivity index (χ2n) is 17.2. The molecule has 408 valence electrons. The van der Waals surface area contributed by atoms with Gasteiger partial charge in [-0.1, -0.05) is 100 Å². The van der Waals surface area contributed by atoms with Crippen LogP contribution in [0.1, 0.15) is 67.7 Å². The third kappa shape index (κ3) is 20.3. The largest absolute Gasteiger partial charge is 0.550 e. The van der Waals surface area contributed by atoms with Gasteiger partial charge in [-0.15, -0.1) is 0 Å². The van der Waals surface area contributed by atoms with Gasteiger partial charge in [-0.3, -0.25) is 33.6 Å². The van der Waals surface area contributed by atoms with Crippen molar-refractivity contribution in [3.05, 3.63) is 108 Å². The average molecular weight is 1090 g/mol. The Balaban J connectivity index is 0.00000358. The second kappa shape index (κ2) is 31.4. The van der Waals surface area contributed by atoms with Gasteiger partial charge in [0.2, 0.25) is 41.4 Å². The molecule has 1 aliphatic rings. The van der Waals surface area contributed by atoms with E-state index in [1.165, 1.54) is 13.8 Å². The molecule has 4 aromatic rings. The minimum atomic E-state index is -3.56. The van der Waals surface area contributed by atoms with Crippen molar-refractivity contribution >= 4 is 79.8 Å². The molecular weight excluding hydrogens is 1010 g/mol. The SMILES string of the molecule is CC(=O)[O-].[2H]c1c([2H])c([2H])c(C([2H])([2H])C([2H])(N)C(=O)N[C@@H]2CSSC[C@@H](C(=O)NC(CO)C(C)O)NC(=O)[C@H]([C@@H](C)O)NC(=O)[C@H](CCCCN)NC(=O)[C@H](Cc3c[nH]c4ccccc34)NC(=O)[C@H](Cc3ccccc3)NC2=O)c([2H])c1[2H]. The van der Waals surface area contributed by atoms with E-state index in [0.717, 1.165) is 28.5 Å². The van der Waals surface area contributed by atoms with Crippen molar-refractivity contribution in [2.24, 2.45) is 11.5 Å². The summed E-state index contributed by atoms with van der Waals surface area (Å²) in [6.07, 6.45) is -4.70. The van der Waals surface area contributed by atoms with Crippen LogP contribution in [0.3, 0.4) is 0 Å². The number of carbonyl (C=O) groups excluding carboxylic acids is 8. The fourth-order valence-corrected chi connectivity index (χ4v) is 9.56. The number of carbonyl (C=O) groups is 8. The summed E-state index contributed by atoms with van der Waals surface area (Å²) in [4.78, 5) is 113. The summed E-state index contributed by atoms with van der Waals surface area (Å²) in [6.45, 7) is 2.89. The fourth-order valence-electron chi connectivity index (χ4n) is 7.23. The molecule has 75 heavy (non-hydrogen) atoms. The van der Waals surface area contributed by atoms with E-state index in [1.807, 2.05) is 0 Å². The number of fused-ring (bicyclic) bond motifs is 1. The van der Waals surface area contributed by atoms with Crippen LogP contribution in [0.2, 0.25) is 0 Å². The molecule has 1 saturated heterocycles. The molecule has 22 nitrogen and oxygen atoms in total. The van der Waals surface area contributed by atoms with Crippen LogP contribution in [-0.2, 0) is 57.6 Å². The molecule has 1 aliphatic heterocycles. The number of aliphatic carboxylic acids is 1. The number of aromatic amines is 1. The molecule has 7 amide bonds. The Morgan fingerprint density at radius 1 is 0.813 bits per heavy atom. The standard InChI is InChI=1S/C49H66N10O10S2.C2H4O2/c1-28(61)39(25-60)56-48(68)41-27-71-70-26-40(57-43(63)34(51)21-30-13-5-3-6-14-30)47(67)54-37(22-31-15-7-4-8-16-31)45(65)55-38(23-32-24-52-35-18-10-9-17-33(32)35)46(66)53-36(19-11-12-20-50)44(64)59-42(29(2)62)49(69)58-41;1-2(3)4/h3-10,13-18,24,28-29,34,36-42,52,60-62H,11-12,19-23,25-27,50-51H2,1-2H3,(H,53,66)(H,54,67)(H,55,65)(H,56,68)(H,57,63)(H,58,69)(H,59,64);1H3,(H,3,4)/p-1/t28?,29-,34?,36+,37+,38+,39?,40-,41+,42+;/m1./s1/i3D,5D,6D,13D,14D,21D2,34D;. The van der Waals surface area contributed by atoms with Crippen molar-refractivity contribution in [2.45, 2.75) is 120 Å². The molecule has 0 saturated carbocycles. The fraction of sp³-hybridized carbons (Fsp3) is 0.451. The van der Waals surface area contributed by atoms with Crippen molar-refractivity contribution in [3.8, 4) is 0 Å². The van der Waals surface area contributed by atoms with Crippen LogP contribution < -0.4 is 53.8 Å². The lowest BCUT2D eigenvalue weighted by molar-refractivity contribution is -0.302. The number of rotatable bonds is 17. The van der Waals surface area contributed by atoms with E-state index in [4.69, 9.17) is 32.3 Å². The summed E-state index contributed by atoms with van der Waals surface area (Å²) >= 11 is 0. The highest BCUT2D eigenvalue weighted by Gasteiger charge is 2.36. The number of carboxylic acid groups (broad SMARTS) is 1. The molecule has 2 heterocycles. The number of aliphatic hydroxyl groups is 3. The van der Waals surface area contributed by atoms with Crippen LogP contribution in [0.25, 0.3) is 10.9 Å². The summed E-state index contributed by atoms with van der Waals surface area (Å²) in [6, 6.07) is -4.26. The van der Waals surface area contributed by atoms with E-state index in [9.17, 15) is 48.9 Å². The number of para-hydroxylation sites is 1. The molecule has 3 unspecified atom stereocenters. The molecule has 0 bridgehead atoms. The van der Waals surface area contributed by atoms with Gasteiger partial charge in [-0.25, -0.2) is 0 Å². The minimum absolute atomic E-state index is 0.0518. The van der Waals surface area contributed by atoms with Gasteiger partial charge in [0.05, 0.1) is 39.1 Å². The van der Waals surface area contributed by atoms with Crippen molar-refractivity contribution in [1.82, 2.24) is 42.2 Å². The summed E-state index contributed by atoms with van der Waals surface area (Å²) < 4.78 is 67.5. The summed E-state index contributed by atoms with van der Waals surface area (Å²) in [5.41, 5.74) is 12.5. The van der Waals surface area contributed by atoms with Gasteiger partial charge >= 0.3 is 0 Å². The van der Waals surface area contributed by atoms with Crippen molar-refractivity contribution in [2.75, 3.05) is 24.7 Å². The Morgan fingerprint density at radius 3 is 2.05 bits per heavy atom. The smallest absolute Gasteiger partial charge is 0.245 e. The van der Waals surface area contributed by atoms with Gasteiger partial charge in [0.1, 0.15) is 36.3 Å². The Hall–Kier alpha value is -6.54. The number of H-pyrrole nitrogens is 1. The molecule has 1 aromatic heterocycles. The Kier molecular flexibility index (Phi) is 20.6. The van der Waals surface area contributed by atoms with Crippen LogP contribution in [0.5, 0.6) is 0 Å². The quantitative estimate of drug-likeness (QED) is 0.0400. The maximum atomic E-state index is 14.8.